The van der Waals surface area contributed by atoms with Crippen LogP contribution in [0.2, 0.25) is 0 Å². The Morgan fingerprint density at radius 1 is 0.926 bits per heavy atom. The van der Waals surface area contributed by atoms with Crippen LogP contribution in [0.4, 0.5) is 5.69 Å². The molecule has 4 rings (SSSR count). The summed E-state index contributed by atoms with van der Waals surface area (Å²) in [6, 6.07) is 25.5. The lowest BCUT2D eigenvalue weighted by Gasteiger charge is -2.10. The van der Waals surface area contributed by atoms with Gasteiger partial charge in [-0.05, 0) is 35.7 Å². The van der Waals surface area contributed by atoms with E-state index in [9.17, 15) is 4.79 Å². The van der Waals surface area contributed by atoms with E-state index in [0.29, 0.717) is 11.5 Å². The number of nitrogens with zero attached hydrogens (tertiary/aromatic N) is 1. The number of aromatic nitrogens is 1. The zero-order chi connectivity index (χ0) is 18.5. The van der Waals surface area contributed by atoms with E-state index in [1.54, 1.807) is 6.08 Å². The van der Waals surface area contributed by atoms with Crippen molar-refractivity contribution in [3.63, 3.8) is 0 Å². The van der Waals surface area contributed by atoms with Crippen molar-refractivity contribution in [2.24, 2.45) is 0 Å². The minimum Gasteiger partial charge on any atom is -0.437 e. The Labute approximate surface area is 157 Å². The molecule has 132 valence electrons. The van der Waals surface area contributed by atoms with Gasteiger partial charge < -0.3 is 9.73 Å². The molecule has 3 aromatic carbocycles. The number of nitrogens with one attached hydrogen (secondary N) is 1. The molecule has 0 bridgehead atoms. The van der Waals surface area contributed by atoms with Crippen LogP contribution in [-0.4, -0.2) is 10.9 Å². The largest absolute Gasteiger partial charge is 0.437 e. The summed E-state index contributed by atoms with van der Waals surface area (Å²) in [6.07, 6.45) is 3.77. The predicted molar refractivity (Wildman–Crippen MR) is 107 cm³/mol. The number of oxazole rings is 1. The molecule has 0 saturated carbocycles. The highest BCUT2D eigenvalue weighted by Gasteiger charge is 2.06. The fourth-order valence-corrected chi connectivity index (χ4v) is 2.89. The average Bonchev–Trinajstić information content (AvgIpc) is 3.12. The molecule has 0 spiro atoms. The number of amides is 1. The number of hydrogen-bond acceptors (Lipinski definition) is 3. The lowest BCUT2D eigenvalue weighted by molar-refractivity contribution is -0.111. The first kappa shape index (κ1) is 16.8. The van der Waals surface area contributed by atoms with Crippen molar-refractivity contribution in [2.75, 3.05) is 5.32 Å². The summed E-state index contributed by atoms with van der Waals surface area (Å²) in [5.41, 5.74) is 4.53. The molecule has 4 aromatic rings. The molecule has 1 heterocycles. The van der Waals surface area contributed by atoms with Crippen LogP contribution in [0.25, 0.3) is 17.2 Å². The third-order valence-electron chi connectivity index (χ3n) is 4.20. The summed E-state index contributed by atoms with van der Waals surface area (Å²) in [6.45, 7) is 0. The van der Waals surface area contributed by atoms with E-state index >= 15 is 0 Å². The van der Waals surface area contributed by atoms with Crippen molar-refractivity contribution in [3.8, 4) is 0 Å². The quantitative estimate of drug-likeness (QED) is 0.509. The number of anilines is 1. The Kier molecular flexibility index (Phi) is 4.79. The normalized spacial score (nSPS) is 11.1. The van der Waals surface area contributed by atoms with Crippen LogP contribution in [0.1, 0.15) is 17.0 Å². The van der Waals surface area contributed by atoms with Crippen molar-refractivity contribution < 1.29 is 9.21 Å². The highest BCUT2D eigenvalue weighted by atomic mass is 16.3. The van der Waals surface area contributed by atoms with Gasteiger partial charge in [-0.25, -0.2) is 4.98 Å². The van der Waals surface area contributed by atoms with Gasteiger partial charge in [0, 0.05) is 17.8 Å². The first-order valence-corrected chi connectivity index (χ1v) is 8.74. The molecule has 0 saturated heterocycles. The highest BCUT2D eigenvalue weighted by molar-refractivity contribution is 6.02. The van der Waals surface area contributed by atoms with Crippen LogP contribution < -0.4 is 5.32 Å². The van der Waals surface area contributed by atoms with Gasteiger partial charge in [0.2, 0.25) is 11.8 Å². The van der Waals surface area contributed by atoms with E-state index in [1.165, 1.54) is 11.6 Å². The Morgan fingerprint density at radius 2 is 1.67 bits per heavy atom. The fourth-order valence-electron chi connectivity index (χ4n) is 2.89. The second-order valence-electron chi connectivity index (χ2n) is 6.16. The Bertz CT molecular complexity index is 1060. The van der Waals surface area contributed by atoms with Crippen LogP contribution in [0.5, 0.6) is 0 Å². The summed E-state index contributed by atoms with van der Waals surface area (Å²) in [5.74, 6) is 0.182. The van der Waals surface area contributed by atoms with Crippen molar-refractivity contribution in [1.29, 1.82) is 0 Å². The molecule has 0 aliphatic carbocycles. The van der Waals surface area contributed by atoms with E-state index in [1.807, 2.05) is 66.7 Å². The molecule has 1 amide bonds. The summed E-state index contributed by atoms with van der Waals surface area (Å²) < 4.78 is 5.59. The minimum atomic E-state index is -0.224. The van der Waals surface area contributed by atoms with Gasteiger partial charge in [-0.3, -0.25) is 4.79 Å². The lowest BCUT2D eigenvalue weighted by atomic mass is 10.0. The van der Waals surface area contributed by atoms with Crippen molar-refractivity contribution in [1.82, 2.24) is 4.98 Å². The molecular formula is C23H18N2O2. The summed E-state index contributed by atoms with van der Waals surface area (Å²) >= 11 is 0. The van der Waals surface area contributed by atoms with E-state index in [-0.39, 0.29) is 5.91 Å². The van der Waals surface area contributed by atoms with Gasteiger partial charge >= 0.3 is 0 Å². The van der Waals surface area contributed by atoms with Gasteiger partial charge in [-0.1, -0.05) is 60.7 Å². The Hall–Kier alpha value is -3.66. The summed E-state index contributed by atoms with van der Waals surface area (Å²) in [5, 5.41) is 2.94. The van der Waals surface area contributed by atoms with Crippen molar-refractivity contribution in [3.05, 3.63) is 102 Å². The van der Waals surface area contributed by atoms with Crippen LogP contribution in [-0.2, 0) is 11.2 Å². The summed E-state index contributed by atoms with van der Waals surface area (Å²) in [7, 11) is 0. The standard InChI is InChI=1S/C23H18N2O2/c26-22(14-15-23-25-20-12-6-7-13-21(20)27-23)24-19-11-5-4-10-18(19)16-17-8-2-1-3-9-17/h1-15H,16H2,(H,24,26)/b15-14+. The van der Waals surface area contributed by atoms with Crippen LogP contribution in [0.15, 0.2) is 89.4 Å². The van der Waals surface area contributed by atoms with Crippen LogP contribution in [0.3, 0.4) is 0 Å². The number of hydrogen-bond donors (Lipinski definition) is 1. The maximum atomic E-state index is 12.3. The second kappa shape index (κ2) is 7.70. The third kappa shape index (κ3) is 4.12. The van der Waals surface area contributed by atoms with E-state index in [4.69, 9.17) is 4.42 Å². The SMILES string of the molecule is O=C(/C=C/c1nc2ccccc2o1)Nc1ccccc1Cc1ccccc1. The molecule has 4 heteroatoms. The highest BCUT2D eigenvalue weighted by Crippen LogP contribution is 2.19. The molecule has 27 heavy (non-hydrogen) atoms. The third-order valence-corrected chi connectivity index (χ3v) is 4.20. The number of carbonyl (C=O) groups is 1. The predicted octanol–water partition coefficient (Wildman–Crippen LogP) is 5.07. The lowest BCUT2D eigenvalue weighted by Crippen LogP contribution is -2.10. The first-order valence-electron chi connectivity index (χ1n) is 8.74. The van der Waals surface area contributed by atoms with E-state index < -0.39 is 0 Å². The molecule has 0 aliphatic heterocycles. The van der Waals surface area contributed by atoms with Gasteiger partial charge in [0.1, 0.15) is 5.52 Å². The molecule has 0 radical (unpaired) electrons. The molecule has 1 aromatic heterocycles. The van der Waals surface area contributed by atoms with Crippen LogP contribution >= 0.6 is 0 Å². The van der Waals surface area contributed by atoms with Gasteiger partial charge in [0.25, 0.3) is 0 Å². The van der Waals surface area contributed by atoms with Gasteiger partial charge in [0.05, 0.1) is 0 Å². The maximum absolute atomic E-state index is 12.3. The van der Waals surface area contributed by atoms with E-state index in [0.717, 1.165) is 23.2 Å². The molecular weight excluding hydrogens is 336 g/mol. The summed E-state index contributed by atoms with van der Waals surface area (Å²) in [4.78, 5) is 16.7. The number of fused-ring (bicyclic) bond motifs is 1. The van der Waals surface area contributed by atoms with Gasteiger partial charge in [-0.15, -0.1) is 0 Å². The average molecular weight is 354 g/mol. The topological polar surface area (TPSA) is 55.1 Å². The zero-order valence-corrected chi connectivity index (χ0v) is 14.6. The molecule has 0 aliphatic rings. The molecule has 1 N–H and O–H groups in total. The molecule has 4 nitrogen and oxygen atoms in total. The minimum absolute atomic E-state index is 0.224. The molecule has 0 unspecified atom stereocenters. The Morgan fingerprint density at radius 3 is 2.52 bits per heavy atom. The van der Waals surface area contributed by atoms with Crippen molar-refractivity contribution in [2.45, 2.75) is 6.42 Å². The van der Waals surface area contributed by atoms with Gasteiger partial charge in [0.15, 0.2) is 5.58 Å². The smallest absolute Gasteiger partial charge is 0.248 e. The fraction of sp³-hybridized carbons (Fsp3) is 0.0435. The number of para-hydroxylation sites is 3. The monoisotopic (exact) mass is 354 g/mol. The maximum Gasteiger partial charge on any atom is 0.248 e. The van der Waals surface area contributed by atoms with E-state index in [2.05, 4.69) is 22.4 Å². The van der Waals surface area contributed by atoms with Crippen LogP contribution in [0, 0.1) is 0 Å². The number of benzene rings is 3. The molecule has 0 atom stereocenters. The Balaban J connectivity index is 1.48. The molecule has 0 fully saturated rings. The zero-order valence-electron chi connectivity index (χ0n) is 14.6. The first-order chi connectivity index (χ1) is 13.3. The van der Waals surface area contributed by atoms with Crippen molar-refractivity contribution >= 4 is 28.8 Å². The number of rotatable bonds is 5. The second-order valence-corrected chi connectivity index (χ2v) is 6.16. The van der Waals surface area contributed by atoms with Gasteiger partial charge in [-0.2, -0.15) is 0 Å². The number of carbonyl (C=O) groups excluding carboxylic acids is 1.